The van der Waals surface area contributed by atoms with Crippen molar-refractivity contribution in [3.05, 3.63) is 64.1 Å². The second-order valence-electron chi connectivity index (χ2n) is 6.66. The zero-order chi connectivity index (χ0) is 18.9. The molecule has 0 unspecified atom stereocenters. The zero-order valence-corrected chi connectivity index (χ0v) is 17.3. The first-order valence-corrected chi connectivity index (χ1v) is 11.7. The highest BCUT2D eigenvalue weighted by Gasteiger charge is 2.27. The topological polar surface area (TPSA) is 45.6 Å². The van der Waals surface area contributed by atoms with Gasteiger partial charge in [-0.05, 0) is 29.9 Å². The number of hydrogen-bond acceptors (Lipinski definition) is 5. The van der Waals surface area contributed by atoms with E-state index in [-0.39, 0.29) is 5.75 Å². The summed E-state index contributed by atoms with van der Waals surface area (Å²) >= 11 is 7.14. The number of hydrogen-bond donors (Lipinski definition) is 0. The molecule has 1 aromatic heterocycles. The second-order valence-corrected chi connectivity index (χ2v) is 10.3. The van der Waals surface area contributed by atoms with Crippen molar-refractivity contribution in [2.75, 3.05) is 26.2 Å². The van der Waals surface area contributed by atoms with Crippen molar-refractivity contribution >= 4 is 43.8 Å². The van der Waals surface area contributed by atoms with Gasteiger partial charge in [0.25, 0.3) is 0 Å². The van der Waals surface area contributed by atoms with Crippen LogP contribution >= 0.6 is 23.6 Å². The summed E-state index contributed by atoms with van der Waals surface area (Å²) in [5.74, 6) is 0.0636. The Morgan fingerprint density at radius 1 is 0.926 bits per heavy atom. The fourth-order valence-corrected chi connectivity index (χ4v) is 6.20. The number of para-hydroxylation sites is 1. The van der Waals surface area contributed by atoms with Crippen LogP contribution in [-0.4, -0.2) is 48.4 Å². The Morgan fingerprint density at radius 3 is 2.33 bits per heavy atom. The van der Waals surface area contributed by atoms with E-state index in [4.69, 9.17) is 12.2 Å². The molecule has 142 valence electrons. The molecule has 27 heavy (non-hydrogen) atoms. The highest BCUT2D eigenvalue weighted by atomic mass is 32.2. The highest BCUT2D eigenvalue weighted by molar-refractivity contribution is 7.88. The smallest absolute Gasteiger partial charge is 0.218 e. The molecule has 0 amide bonds. The number of rotatable bonds is 5. The lowest BCUT2D eigenvalue weighted by Crippen LogP contribution is -2.49. The second kappa shape index (κ2) is 7.81. The molecule has 1 fully saturated rings. The monoisotopic (exact) mass is 419 g/mol. The van der Waals surface area contributed by atoms with E-state index in [1.165, 1.54) is 4.70 Å². The van der Waals surface area contributed by atoms with Gasteiger partial charge in [0, 0.05) is 26.2 Å². The molecule has 1 saturated heterocycles. The van der Waals surface area contributed by atoms with Gasteiger partial charge in [-0.1, -0.05) is 42.5 Å². The van der Waals surface area contributed by atoms with Gasteiger partial charge in [-0.3, -0.25) is 4.90 Å². The third kappa shape index (κ3) is 4.14. The summed E-state index contributed by atoms with van der Waals surface area (Å²) in [6, 6.07) is 17.6. The number of thiazole rings is 1. The lowest BCUT2D eigenvalue weighted by molar-refractivity contribution is 0.154. The van der Waals surface area contributed by atoms with Crippen LogP contribution in [-0.2, 0) is 22.4 Å². The minimum atomic E-state index is -3.28. The Balaban J connectivity index is 1.41. The van der Waals surface area contributed by atoms with Crippen LogP contribution in [0.1, 0.15) is 5.56 Å². The summed E-state index contributed by atoms with van der Waals surface area (Å²) in [6.07, 6.45) is 0. The number of sulfonamides is 1. The quantitative estimate of drug-likeness (QED) is 0.594. The fourth-order valence-electron chi connectivity index (χ4n) is 3.37. The first kappa shape index (κ1) is 18.8. The van der Waals surface area contributed by atoms with Gasteiger partial charge in [0.15, 0.2) is 3.95 Å². The summed E-state index contributed by atoms with van der Waals surface area (Å²) in [5, 5.41) is 0. The van der Waals surface area contributed by atoms with E-state index in [1.54, 1.807) is 15.6 Å². The maximum absolute atomic E-state index is 12.7. The van der Waals surface area contributed by atoms with E-state index in [9.17, 15) is 8.42 Å². The first-order chi connectivity index (χ1) is 13.0. The molecule has 0 spiro atoms. The van der Waals surface area contributed by atoms with E-state index >= 15 is 0 Å². The molecule has 1 aliphatic heterocycles. The number of piperazine rings is 1. The van der Waals surface area contributed by atoms with E-state index < -0.39 is 10.0 Å². The Morgan fingerprint density at radius 2 is 1.59 bits per heavy atom. The van der Waals surface area contributed by atoms with Crippen molar-refractivity contribution in [3.8, 4) is 0 Å². The van der Waals surface area contributed by atoms with Crippen LogP contribution in [0.15, 0.2) is 54.6 Å². The molecule has 0 saturated carbocycles. The van der Waals surface area contributed by atoms with Gasteiger partial charge in [-0.2, -0.15) is 4.31 Å². The maximum Gasteiger partial charge on any atom is 0.218 e. The van der Waals surface area contributed by atoms with Gasteiger partial charge in [-0.15, -0.1) is 11.3 Å². The molecule has 0 aliphatic carbocycles. The Kier molecular flexibility index (Phi) is 5.43. The number of benzene rings is 2. The molecule has 0 bridgehead atoms. The Labute approximate surface area is 168 Å². The summed E-state index contributed by atoms with van der Waals surface area (Å²) < 4.78 is 31.2. The molecular formula is C19H21N3O2S3. The van der Waals surface area contributed by atoms with Crippen LogP contribution in [0.4, 0.5) is 0 Å². The van der Waals surface area contributed by atoms with E-state index in [0.29, 0.717) is 32.8 Å². The van der Waals surface area contributed by atoms with Crippen molar-refractivity contribution in [1.29, 1.82) is 0 Å². The van der Waals surface area contributed by atoms with E-state index in [1.807, 2.05) is 42.5 Å². The Bertz CT molecular complexity index is 1080. The van der Waals surface area contributed by atoms with Crippen molar-refractivity contribution < 1.29 is 8.42 Å². The first-order valence-electron chi connectivity index (χ1n) is 8.85. The van der Waals surface area contributed by atoms with Gasteiger partial charge in [0.1, 0.15) is 0 Å². The largest absolute Gasteiger partial charge is 0.309 e. The third-order valence-corrected chi connectivity index (χ3v) is 8.11. The molecule has 0 N–H and O–H groups in total. The fraction of sp³-hybridized carbons (Fsp3) is 0.316. The van der Waals surface area contributed by atoms with E-state index in [0.717, 1.165) is 15.0 Å². The third-order valence-electron chi connectivity index (χ3n) is 4.83. The molecule has 0 radical (unpaired) electrons. The van der Waals surface area contributed by atoms with Crippen LogP contribution in [0, 0.1) is 3.95 Å². The minimum Gasteiger partial charge on any atom is -0.309 e. The van der Waals surface area contributed by atoms with Gasteiger partial charge in [0.05, 0.1) is 22.6 Å². The summed E-state index contributed by atoms with van der Waals surface area (Å²) in [7, 11) is -3.28. The number of nitrogens with zero attached hydrogens (tertiary/aromatic N) is 3. The molecule has 5 nitrogen and oxygen atoms in total. The average Bonchev–Trinajstić information content (AvgIpc) is 2.98. The van der Waals surface area contributed by atoms with Crippen molar-refractivity contribution in [2.24, 2.45) is 0 Å². The molecule has 1 aliphatic rings. The summed E-state index contributed by atoms with van der Waals surface area (Å²) in [5.41, 5.74) is 1.97. The maximum atomic E-state index is 12.7. The molecular weight excluding hydrogens is 398 g/mol. The van der Waals surface area contributed by atoms with Crippen molar-refractivity contribution in [1.82, 2.24) is 13.8 Å². The lowest BCUT2D eigenvalue weighted by atomic mass is 10.2. The molecule has 3 aromatic rings. The van der Waals surface area contributed by atoms with Crippen LogP contribution in [0.25, 0.3) is 10.2 Å². The van der Waals surface area contributed by atoms with Crippen LogP contribution in [0.5, 0.6) is 0 Å². The molecule has 4 rings (SSSR count). The SMILES string of the molecule is O=S(=O)(Cc1ccccc1)N1CCN(Cn2c(=S)sc3ccccc32)CC1. The van der Waals surface area contributed by atoms with Crippen molar-refractivity contribution in [3.63, 3.8) is 0 Å². The predicted octanol–water partition coefficient (Wildman–Crippen LogP) is 3.54. The average molecular weight is 420 g/mol. The van der Waals surface area contributed by atoms with Crippen LogP contribution in [0.3, 0.4) is 0 Å². The molecule has 8 heteroatoms. The molecule has 2 aromatic carbocycles. The molecule has 2 heterocycles. The van der Waals surface area contributed by atoms with Gasteiger partial charge >= 0.3 is 0 Å². The summed E-state index contributed by atoms with van der Waals surface area (Å²) in [4.78, 5) is 2.27. The normalized spacial score (nSPS) is 16.7. The van der Waals surface area contributed by atoms with Gasteiger partial charge in [0.2, 0.25) is 10.0 Å². The number of aromatic nitrogens is 1. The van der Waals surface area contributed by atoms with Crippen LogP contribution < -0.4 is 0 Å². The van der Waals surface area contributed by atoms with Gasteiger partial charge in [-0.25, -0.2) is 8.42 Å². The highest BCUT2D eigenvalue weighted by Crippen LogP contribution is 2.23. The summed E-state index contributed by atoms with van der Waals surface area (Å²) in [6.45, 7) is 3.16. The lowest BCUT2D eigenvalue weighted by Gasteiger charge is -2.34. The van der Waals surface area contributed by atoms with Crippen LogP contribution in [0.2, 0.25) is 0 Å². The van der Waals surface area contributed by atoms with Gasteiger partial charge < -0.3 is 4.57 Å². The number of fused-ring (bicyclic) bond motifs is 1. The van der Waals surface area contributed by atoms with Crippen molar-refractivity contribution in [2.45, 2.75) is 12.4 Å². The standard InChI is InChI=1S/C19H21N3O2S3/c23-27(24,14-16-6-2-1-3-7-16)21-12-10-20(11-13-21)15-22-17-8-4-5-9-18(17)26-19(22)25/h1-9H,10-15H2. The Hall–Kier alpha value is -1.58. The van der Waals surface area contributed by atoms with E-state index in [2.05, 4.69) is 21.6 Å². The predicted molar refractivity (Wildman–Crippen MR) is 113 cm³/mol. The zero-order valence-electron chi connectivity index (χ0n) is 14.8. The molecule has 0 atom stereocenters. The minimum absolute atomic E-state index is 0.0636.